The molecular weight excluding hydrogens is 271 g/mol. The smallest absolute Gasteiger partial charge is 0.317 e. The summed E-state index contributed by atoms with van der Waals surface area (Å²) in [4.78, 5) is 13.8. The van der Waals surface area contributed by atoms with Crippen molar-refractivity contribution in [2.24, 2.45) is 0 Å². The predicted octanol–water partition coefficient (Wildman–Crippen LogP) is 3.64. The molecule has 1 unspecified atom stereocenters. The van der Waals surface area contributed by atoms with Crippen LogP contribution in [-0.2, 0) is 6.54 Å². The van der Waals surface area contributed by atoms with Crippen LogP contribution < -0.4 is 5.32 Å². The van der Waals surface area contributed by atoms with Crippen molar-refractivity contribution in [1.29, 1.82) is 0 Å². The Morgan fingerprint density at radius 2 is 2.14 bits per heavy atom. The summed E-state index contributed by atoms with van der Waals surface area (Å²) < 4.78 is 13.2. The maximum absolute atomic E-state index is 13.2. The molecule has 0 aliphatic heterocycles. The van der Waals surface area contributed by atoms with E-state index in [9.17, 15) is 14.3 Å². The van der Waals surface area contributed by atoms with E-state index >= 15 is 0 Å². The Morgan fingerprint density at radius 1 is 1.43 bits per heavy atom. The number of phenols is 1. The predicted molar refractivity (Wildman–Crippen MR) is 81.7 cm³/mol. The number of nitrogens with zero attached hydrogens (tertiary/aromatic N) is 1. The summed E-state index contributed by atoms with van der Waals surface area (Å²) in [5.41, 5.74) is 0.373. The van der Waals surface area contributed by atoms with Crippen molar-refractivity contribution >= 4 is 6.03 Å². The van der Waals surface area contributed by atoms with Crippen LogP contribution in [0, 0.1) is 5.82 Å². The van der Waals surface area contributed by atoms with Crippen LogP contribution in [0.3, 0.4) is 0 Å². The number of aromatic hydroxyl groups is 1. The standard InChI is InChI=1S/C16H25FN2O2/c1-4-6-9-13(5-2)19(3)16(21)18-11-12-8-7-10-14(17)15(12)20/h7-8,10,13,20H,4-6,9,11H2,1-3H3,(H,18,21). The van der Waals surface area contributed by atoms with Crippen LogP contribution in [0.2, 0.25) is 0 Å². The molecule has 21 heavy (non-hydrogen) atoms. The van der Waals surface area contributed by atoms with Crippen LogP contribution in [0.1, 0.15) is 45.1 Å². The number of hydrogen-bond donors (Lipinski definition) is 2. The number of carbonyl (C=O) groups excluding carboxylic acids is 1. The van der Waals surface area contributed by atoms with Crippen molar-refractivity contribution in [3.05, 3.63) is 29.6 Å². The Morgan fingerprint density at radius 3 is 2.76 bits per heavy atom. The number of halogens is 1. The van der Waals surface area contributed by atoms with Crippen LogP contribution in [0.5, 0.6) is 5.75 Å². The lowest BCUT2D eigenvalue weighted by Gasteiger charge is -2.27. The third-order valence-electron chi connectivity index (χ3n) is 3.73. The number of hydrogen-bond acceptors (Lipinski definition) is 2. The van der Waals surface area contributed by atoms with Gasteiger partial charge in [-0.15, -0.1) is 0 Å². The first-order chi connectivity index (χ1) is 10.0. The van der Waals surface area contributed by atoms with Gasteiger partial charge in [-0.25, -0.2) is 9.18 Å². The highest BCUT2D eigenvalue weighted by Crippen LogP contribution is 2.20. The largest absolute Gasteiger partial charge is 0.505 e. The summed E-state index contributed by atoms with van der Waals surface area (Å²) in [5, 5.41) is 12.3. The quantitative estimate of drug-likeness (QED) is 0.807. The molecule has 1 rings (SSSR count). The molecule has 0 aliphatic rings. The van der Waals surface area contributed by atoms with Crippen LogP contribution in [-0.4, -0.2) is 29.1 Å². The zero-order valence-electron chi connectivity index (χ0n) is 13.0. The van der Waals surface area contributed by atoms with E-state index in [0.29, 0.717) is 5.56 Å². The molecule has 1 aromatic rings. The molecule has 0 aliphatic carbocycles. The maximum Gasteiger partial charge on any atom is 0.317 e. The van der Waals surface area contributed by atoms with Gasteiger partial charge >= 0.3 is 6.03 Å². The van der Waals surface area contributed by atoms with Gasteiger partial charge < -0.3 is 15.3 Å². The molecule has 0 saturated carbocycles. The van der Waals surface area contributed by atoms with E-state index in [1.165, 1.54) is 12.1 Å². The Kier molecular flexibility index (Phi) is 6.99. The summed E-state index contributed by atoms with van der Waals surface area (Å²) in [6.45, 7) is 4.29. The monoisotopic (exact) mass is 296 g/mol. The molecule has 0 heterocycles. The van der Waals surface area contributed by atoms with Crippen molar-refractivity contribution in [1.82, 2.24) is 10.2 Å². The fourth-order valence-corrected chi connectivity index (χ4v) is 2.28. The Hall–Kier alpha value is -1.78. The van der Waals surface area contributed by atoms with E-state index in [0.717, 1.165) is 25.7 Å². The lowest BCUT2D eigenvalue weighted by molar-refractivity contribution is 0.183. The minimum absolute atomic E-state index is 0.108. The van der Waals surface area contributed by atoms with Gasteiger partial charge in [0, 0.05) is 25.2 Å². The second kappa shape index (κ2) is 8.49. The summed E-state index contributed by atoms with van der Waals surface area (Å²) >= 11 is 0. The average Bonchev–Trinajstić information content (AvgIpc) is 2.49. The molecular formula is C16H25FN2O2. The number of rotatable bonds is 7. The summed E-state index contributed by atoms with van der Waals surface area (Å²) in [6, 6.07) is 4.28. The number of phenolic OH excluding ortho intramolecular Hbond substituents is 1. The van der Waals surface area contributed by atoms with Gasteiger partial charge in [-0.1, -0.05) is 38.8 Å². The number of urea groups is 1. The summed E-state index contributed by atoms with van der Waals surface area (Å²) in [6.07, 6.45) is 4.06. The van der Waals surface area contributed by atoms with Gasteiger partial charge in [0.15, 0.2) is 11.6 Å². The van der Waals surface area contributed by atoms with Crippen LogP contribution in [0.4, 0.5) is 9.18 Å². The van der Waals surface area contributed by atoms with Crippen molar-refractivity contribution in [2.75, 3.05) is 7.05 Å². The van der Waals surface area contributed by atoms with Gasteiger partial charge in [-0.3, -0.25) is 0 Å². The summed E-state index contributed by atoms with van der Waals surface area (Å²) in [7, 11) is 1.77. The van der Waals surface area contributed by atoms with Crippen molar-refractivity contribution in [3.63, 3.8) is 0 Å². The maximum atomic E-state index is 13.2. The van der Waals surface area contributed by atoms with Gasteiger partial charge in [0.25, 0.3) is 0 Å². The first kappa shape index (κ1) is 17.3. The summed E-state index contributed by atoms with van der Waals surface area (Å²) in [5.74, 6) is -1.08. The molecule has 0 aromatic heterocycles. The van der Waals surface area contributed by atoms with Gasteiger partial charge in [0.1, 0.15) is 0 Å². The normalized spacial score (nSPS) is 12.0. The molecule has 0 saturated heterocycles. The van der Waals surface area contributed by atoms with Gasteiger partial charge in [-0.2, -0.15) is 0 Å². The van der Waals surface area contributed by atoms with E-state index in [4.69, 9.17) is 0 Å². The van der Waals surface area contributed by atoms with Crippen molar-refractivity contribution in [2.45, 2.75) is 52.1 Å². The highest BCUT2D eigenvalue weighted by Gasteiger charge is 2.18. The number of amides is 2. The number of benzene rings is 1. The molecule has 0 bridgehead atoms. The molecule has 0 fully saturated rings. The number of carbonyl (C=O) groups is 1. The van der Waals surface area contributed by atoms with Crippen molar-refractivity contribution in [3.8, 4) is 5.75 Å². The first-order valence-electron chi connectivity index (χ1n) is 7.48. The fourth-order valence-electron chi connectivity index (χ4n) is 2.28. The molecule has 5 heteroatoms. The van der Waals surface area contributed by atoms with Crippen LogP contribution >= 0.6 is 0 Å². The molecule has 1 atom stereocenters. The van der Waals surface area contributed by atoms with Crippen molar-refractivity contribution < 1.29 is 14.3 Å². The third kappa shape index (κ3) is 4.92. The highest BCUT2D eigenvalue weighted by molar-refractivity contribution is 5.74. The Balaban J connectivity index is 2.57. The molecule has 4 nitrogen and oxygen atoms in total. The second-order valence-electron chi connectivity index (χ2n) is 5.22. The van der Waals surface area contributed by atoms with Gasteiger partial charge in [0.2, 0.25) is 0 Å². The van der Waals surface area contributed by atoms with E-state index < -0.39 is 11.6 Å². The van der Waals surface area contributed by atoms with Crippen LogP contribution in [0.15, 0.2) is 18.2 Å². The first-order valence-corrected chi connectivity index (χ1v) is 7.48. The molecule has 0 radical (unpaired) electrons. The topological polar surface area (TPSA) is 52.6 Å². The van der Waals surface area contributed by atoms with E-state index in [-0.39, 0.29) is 18.6 Å². The average molecular weight is 296 g/mol. The zero-order chi connectivity index (χ0) is 15.8. The third-order valence-corrected chi connectivity index (χ3v) is 3.73. The van der Waals surface area contributed by atoms with E-state index in [1.54, 1.807) is 18.0 Å². The lowest BCUT2D eigenvalue weighted by Crippen LogP contribution is -2.43. The highest BCUT2D eigenvalue weighted by atomic mass is 19.1. The van der Waals surface area contributed by atoms with E-state index in [1.807, 2.05) is 0 Å². The fraction of sp³-hybridized carbons (Fsp3) is 0.562. The Labute approximate surface area is 126 Å². The molecule has 1 aromatic carbocycles. The number of unbranched alkanes of at least 4 members (excludes halogenated alkanes) is 1. The minimum atomic E-state index is -0.676. The van der Waals surface area contributed by atoms with Gasteiger partial charge in [0.05, 0.1) is 0 Å². The minimum Gasteiger partial charge on any atom is -0.505 e. The zero-order valence-corrected chi connectivity index (χ0v) is 13.0. The molecule has 2 amide bonds. The molecule has 2 N–H and O–H groups in total. The van der Waals surface area contributed by atoms with E-state index in [2.05, 4.69) is 19.2 Å². The van der Waals surface area contributed by atoms with Crippen LogP contribution in [0.25, 0.3) is 0 Å². The molecule has 0 spiro atoms. The Bertz CT molecular complexity index is 466. The van der Waals surface area contributed by atoms with Gasteiger partial charge in [-0.05, 0) is 18.9 Å². The number of para-hydroxylation sites is 1. The lowest BCUT2D eigenvalue weighted by atomic mass is 10.1. The second-order valence-corrected chi connectivity index (χ2v) is 5.22. The molecule has 118 valence electrons. The SMILES string of the molecule is CCCCC(CC)N(C)C(=O)NCc1cccc(F)c1O. The number of nitrogens with one attached hydrogen (secondary N) is 1.